The quantitative estimate of drug-likeness (QED) is 0.650. The average molecular weight is 292 g/mol. The van der Waals surface area contributed by atoms with E-state index < -0.39 is 0 Å². The summed E-state index contributed by atoms with van der Waals surface area (Å²) >= 11 is 0. The van der Waals surface area contributed by atoms with E-state index in [2.05, 4.69) is 17.6 Å². The molecule has 0 atom stereocenters. The fourth-order valence-corrected chi connectivity index (χ4v) is 2.01. The van der Waals surface area contributed by atoms with Crippen molar-refractivity contribution in [2.75, 3.05) is 31.6 Å². The molecule has 0 unspecified atom stereocenters. The Morgan fingerprint density at radius 2 is 1.95 bits per heavy atom. The molecule has 0 radical (unpaired) electrons. The SMILES string of the molecule is CCCCOCCCNC(=O)c1ccc(C)cc1NCC. The Kier molecular flexibility index (Phi) is 8.51. The Balaban J connectivity index is 2.38. The number of anilines is 1. The maximum Gasteiger partial charge on any atom is 0.253 e. The third kappa shape index (κ3) is 6.63. The number of hydrogen-bond acceptors (Lipinski definition) is 3. The number of benzene rings is 1. The molecule has 1 rings (SSSR count). The second-order valence-corrected chi connectivity index (χ2v) is 5.15. The van der Waals surface area contributed by atoms with Crippen LogP contribution < -0.4 is 10.6 Å². The minimum atomic E-state index is -0.0282. The number of nitrogens with one attached hydrogen (secondary N) is 2. The van der Waals surface area contributed by atoms with Gasteiger partial charge in [0.05, 0.1) is 5.56 Å². The summed E-state index contributed by atoms with van der Waals surface area (Å²) in [6.07, 6.45) is 3.09. The van der Waals surface area contributed by atoms with Crippen LogP contribution >= 0.6 is 0 Å². The Morgan fingerprint density at radius 3 is 2.67 bits per heavy atom. The molecular formula is C17H28N2O2. The van der Waals surface area contributed by atoms with Crippen LogP contribution in [-0.2, 0) is 4.74 Å². The van der Waals surface area contributed by atoms with E-state index in [4.69, 9.17) is 4.74 Å². The molecule has 1 amide bonds. The van der Waals surface area contributed by atoms with Crippen molar-refractivity contribution in [3.05, 3.63) is 29.3 Å². The van der Waals surface area contributed by atoms with Gasteiger partial charge in [0.15, 0.2) is 0 Å². The molecule has 1 aromatic rings. The molecule has 0 saturated carbocycles. The van der Waals surface area contributed by atoms with Crippen LogP contribution in [0.2, 0.25) is 0 Å². The maximum atomic E-state index is 12.2. The molecule has 0 aliphatic heterocycles. The van der Waals surface area contributed by atoms with Gasteiger partial charge in [-0.25, -0.2) is 0 Å². The summed E-state index contributed by atoms with van der Waals surface area (Å²) in [5.74, 6) is -0.0282. The second-order valence-electron chi connectivity index (χ2n) is 5.15. The number of unbranched alkanes of at least 4 members (excludes halogenated alkanes) is 1. The van der Waals surface area contributed by atoms with E-state index in [-0.39, 0.29) is 5.91 Å². The van der Waals surface area contributed by atoms with E-state index in [1.165, 1.54) is 0 Å². The van der Waals surface area contributed by atoms with Gasteiger partial charge in [-0.05, 0) is 44.4 Å². The summed E-state index contributed by atoms with van der Waals surface area (Å²) in [6.45, 7) is 9.15. The molecule has 4 nitrogen and oxygen atoms in total. The van der Waals surface area contributed by atoms with Crippen LogP contribution in [0.1, 0.15) is 49.0 Å². The third-order valence-electron chi connectivity index (χ3n) is 3.18. The van der Waals surface area contributed by atoms with E-state index in [1.54, 1.807) is 0 Å². The molecule has 118 valence electrons. The summed E-state index contributed by atoms with van der Waals surface area (Å²) in [6, 6.07) is 5.84. The molecule has 0 saturated heterocycles. The summed E-state index contributed by atoms with van der Waals surface area (Å²) in [5, 5.41) is 6.19. The monoisotopic (exact) mass is 292 g/mol. The number of carbonyl (C=O) groups excluding carboxylic acids is 1. The van der Waals surface area contributed by atoms with Gasteiger partial charge in [-0.15, -0.1) is 0 Å². The molecule has 0 heterocycles. The molecular weight excluding hydrogens is 264 g/mol. The number of amides is 1. The molecule has 2 N–H and O–H groups in total. The molecule has 0 aliphatic carbocycles. The van der Waals surface area contributed by atoms with Crippen LogP contribution in [0.5, 0.6) is 0 Å². The van der Waals surface area contributed by atoms with Crippen molar-refractivity contribution in [3.8, 4) is 0 Å². The number of aryl methyl sites for hydroxylation is 1. The lowest BCUT2D eigenvalue weighted by atomic mass is 10.1. The zero-order chi connectivity index (χ0) is 15.5. The molecule has 21 heavy (non-hydrogen) atoms. The van der Waals surface area contributed by atoms with Crippen LogP contribution in [0.3, 0.4) is 0 Å². The first-order valence-corrected chi connectivity index (χ1v) is 7.89. The Morgan fingerprint density at radius 1 is 1.19 bits per heavy atom. The lowest BCUT2D eigenvalue weighted by Gasteiger charge is -2.12. The molecule has 0 spiro atoms. The predicted molar refractivity (Wildman–Crippen MR) is 88.0 cm³/mol. The van der Waals surface area contributed by atoms with Crippen molar-refractivity contribution in [2.24, 2.45) is 0 Å². The van der Waals surface area contributed by atoms with Crippen LogP contribution in [-0.4, -0.2) is 32.2 Å². The molecule has 1 aromatic carbocycles. The highest BCUT2D eigenvalue weighted by molar-refractivity contribution is 5.99. The van der Waals surface area contributed by atoms with Crippen molar-refractivity contribution in [3.63, 3.8) is 0 Å². The molecule has 0 aliphatic rings. The standard InChI is InChI=1S/C17H28N2O2/c1-4-6-11-21-12-7-10-19-17(20)15-9-8-14(3)13-16(15)18-5-2/h8-9,13,18H,4-7,10-12H2,1-3H3,(H,19,20). The lowest BCUT2D eigenvalue weighted by Crippen LogP contribution is -2.26. The van der Waals surface area contributed by atoms with Gasteiger partial charge in [-0.3, -0.25) is 4.79 Å². The summed E-state index contributed by atoms with van der Waals surface area (Å²) in [5.41, 5.74) is 2.75. The zero-order valence-corrected chi connectivity index (χ0v) is 13.5. The number of ether oxygens (including phenoxy) is 1. The van der Waals surface area contributed by atoms with E-state index in [9.17, 15) is 4.79 Å². The summed E-state index contributed by atoms with van der Waals surface area (Å²) in [7, 11) is 0. The van der Waals surface area contributed by atoms with Crippen molar-refractivity contribution in [2.45, 2.75) is 40.0 Å². The van der Waals surface area contributed by atoms with E-state index in [0.29, 0.717) is 18.7 Å². The van der Waals surface area contributed by atoms with E-state index >= 15 is 0 Å². The Bertz CT molecular complexity index is 433. The first-order chi connectivity index (χ1) is 10.2. The molecule has 0 fully saturated rings. The lowest BCUT2D eigenvalue weighted by molar-refractivity contribution is 0.0941. The summed E-state index contributed by atoms with van der Waals surface area (Å²) < 4.78 is 5.48. The first kappa shape index (κ1) is 17.5. The van der Waals surface area contributed by atoms with Gasteiger partial charge in [0.2, 0.25) is 0 Å². The van der Waals surface area contributed by atoms with Gasteiger partial charge in [-0.2, -0.15) is 0 Å². The number of hydrogen-bond donors (Lipinski definition) is 2. The van der Waals surface area contributed by atoms with Gasteiger partial charge in [0, 0.05) is 32.0 Å². The van der Waals surface area contributed by atoms with Gasteiger partial charge < -0.3 is 15.4 Å². The van der Waals surface area contributed by atoms with Gasteiger partial charge in [0.1, 0.15) is 0 Å². The van der Waals surface area contributed by atoms with Crippen LogP contribution in [0.15, 0.2) is 18.2 Å². The largest absolute Gasteiger partial charge is 0.385 e. The van der Waals surface area contributed by atoms with Crippen molar-refractivity contribution in [1.29, 1.82) is 0 Å². The molecule has 0 aromatic heterocycles. The maximum absolute atomic E-state index is 12.2. The average Bonchev–Trinajstić information content (AvgIpc) is 2.46. The highest BCUT2D eigenvalue weighted by atomic mass is 16.5. The third-order valence-corrected chi connectivity index (χ3v) is 3.18. The van der Waals surface area contributed by atoms with Crippen LogP contribution in [0.25, 0.3) is 0 Å². The second kappa shape index (κ2) is 10.2. The minimum absolute atomic E-state index is 0.0282. The van der Waals surface area contributed by atoms with Crippen molar-refractivity contribution < 1.29 is 9.53 Å². The summed E-state index contributed by atoms with van der Waals surface area (Å²) in [4.78, 5) is 12.2. The van der Waals surface area contributed by atoms with Gasteiger partial charge in [0.25, 0.3) is 5.91 Å². The highest BCUT2D eigenvalue weighted by Gasteiger charge is 2.10. The Labute approximate surface area is 128 Å². The molecule has 0 bridgehead atoms. The minimum Gasteiger partial charge on any atom is -0.385 e. The van der Waals surface area contributed by atoms with Gasteiger partial charge in [-0.1, -0.05) is 19.4 Å². The normalized spacial score (nSPS) is 10.4. The topological polar surface area (TPSA) is 50.4 Å². The van der Waals surface area contributed by atoms with Crippen molar-refractivity contribution >= 4 is 11.6 Å². The fourth-order valence-electron chi connectivity index (χ4n) is 2.01. The van der Waals surface area contributed by atoms with E-state index in [0.717, 1.165) is 43.7 Å². The van der Waals surface area contributed by atoms with E-state index in [1.807, 2.05) is 32.0 Å². The smallest absolute Gasteiger partial charge is 0.253 e. The van der Waals surface area contributed by atoms with Crippen molar-refractivity contribution in [1.82, 2.24) is 5.32 Å². The van der Waals surface area contributed by atoms with Gasteiger partial charge >= 0.3 is 0 Å². The number of carbonyl (C=O) groups is 1. The molecule has 4 heteroatoms. The Hall–Kier alpha value is -1.55. The fraction of sp³-hybridized carbons (Fsp3) is 0.588. The number of rotatable bonds is 10. The first-order valence-electron chi connectivity index (χ1n) is 7.89. The highest BCUT2D eigenvalue weighted by Crippen LogP contribution is 2.17. The van der Waals surface area contributed by atoms with Crippen LogP contribution in [0.4, 0.5) is 5.69 Å². The zero-order valence-electron chi connectivity index (χ0n) is 13.5. The predicted octanol–water partition coefficient (Wildman–Crippen LogP) is 3.36. The van der Waals surface area contributed by atoms with Crippen LogP contribution in [0, 0.1) is 6.92 Å².